The first-order chi connectivity index (χ1) is 41.4. The summed E-state index contributed by atoms with van der Waals surface area (Å²) in [4.78, 5) is 5.73. The van der Waals surface area contributed by atoms with Crippen LogP contribution in [0, 0.1) is 0 Å². The molecule has 0 bridgehead atoms. The summed E-state index contributed by atoms with van der Waals surface area (Å²) in [6, 6.07) is 82.3. The number of rotatable bonds is 8. The van der Waals surface area contributed by atoms with Crippen LogP contribution in [0.3, 0.4) is 0 Å². The Morgan fingerprint density at radius 1 is 0.524 bits per heavy atom. The molecule has 0 saturated heterocycles. The van der Waals surface area contributed by atoms with Crippen molar-refractivity contribution >= 4 is 72.9 Å². The van der Waals surface area contributed by atoms with Crippen molar-refractivity contribution in [1.82, 2.24) is 29.7 Å². The van der Waals surface area contributed by atoms with Crippen LogP contribution in [0.2, 0.25) is 0 Å². The van der Waals surface area contributed by atoms with Gasteiger partial charge in [0.2, 0.25) is 6.29 Å². The lowest BCUT2D eigenvalue weighted by atomic mass is 9.76. The van der Waals surface area contributed by atoms with E-state index < -0.39 is 6.29 Å². The van der Waals surface area contributed by atoms with Crippen molar-refractivity contribution in [3.63, 3.8) is 0 Å². The molecule has 0 spiro atoms. The number of para-hydroxylation sites is 2. The Bertz CT molecular complexity index is 4820. The minimum absolute atomic E-state index is 0.000604. The fourth-order valence-electron chi connectivity index (χ4n) is 14.9. The first kappa shape index (κ1) is 48.7. The van der Waals surface area contributed by atoms with Crippen LogP contribution in [0.1, 0.15) is 101 Å². The van der Waals surface area contributed by atoms with E-state index in [1.54, 1.807) is 0 Å². The van der Waals surface area contributed by atoms with Crippen LogP contribution < -0.4 is 16.0 Å². The molecule has 2 aliphatic heterocycles. The van der Waals surface area contributed by atoms with Crippen molar-refractivity contribution in [1.29, 1.82) is 0 Å². The van der Waals surface area contributed by atoms with Crippen LogP contribution in [0.4, 0.5) is 0 Å². The summed E-state index contributed by atoms with van der Waals surface area (Å²) in [5.41, 5.74) is 25.4. The second-order valence-corrected chi connectivity index (χ2v) is 23.9. The molecule has 404 valence electrons. The molecular formula is C77H61N7. The van der Waals surface area contributed by atoms with Gasteiger partial charge in [-0.05, 0) is 124 Å². The number of allylic oxidation sites excluding steroid dienone is 3. The highest BCUT2D eigenvalue weighted by atomic mass is 15.3. The van der Waals surface area contributed by atoms with Gasteiger partial charge in [0, 0.05) is 72.5 Å². The third-order valence-electron chi connectivity index (χ3n) is 18.9. The summed E-state index contributed by atoms with van der Waals surface area (Å²) in [6.45, 7) is 4.81. The maximum absolute atomic E-state index is 5.73. The zero-order valence-electron chi connectivity index (χ0n) is 47.0. The van der Waals surface area contributed by atoms with Gasteiger partial charge in [-0.3, -0.25) is 5.32 Å². The molecule has 12 aromatic rings. The number of nitrogens with one attached hydrogen (secondary N) is 3. The van der Waals surface area contributed by atoms with E-state index in [1.807, 2.05) is 0 Å². The van der Waals surface area contributed by atoms with E-state index in [0.29, 0.717) is 5.92 Å². The van der Waals surface area contributed by atoms with E-state index >= 15 is 0 Å². The van der Waals surface area contributed by atoms with Crippen LogP contribution in [0.15, 0.2) is 253 Å². The van der Waals surface area contributed by atoms with Gasteiger partial charge in [0.15, 0.2) is 6.29 Å². The largest absolute Gasteiger partial charge is 0.352 e. The highest BCUT2D eigenvalue weighted by Gasteiger charge is 2.44. The number of aromatic nitrogens is 3. The fourth-order valence-corrected chi connectivity index (χ4v) is 14.9. The average Bonchev–Trinajstić information content (AvgIpc) is 1.69. The molecule has 3 N–H and O–H groups in total. The van der Waals surface area contributed by atoms with E-state index in [9.17, 15) is 0 Å². The van der Waals surface area contributed by atoms with Crippen molar-refractivity contribution in [3.8, 4) is 16.8 Å². The monoisotopic (exact) mass is 1080 g/mol. The lowest BCUT2D eigenvalue weighted by molar-refractivity contribution is 0.336. The molecule has 17 rings (SSSR count). The zero-order chi connectivity index (χ0) is 55.6. The number of nitrogens with zero attached hydrogens (tertiary/aromatic N) is 4. The van der Waals surface area contributed by atoms with Crippen molar-refractivity contribution in [2.24, 2.45) is 4.99 Å². The molecule has 0 amide bonds. The average molecular weight is 1080 g/mol. The van der Waals surface area contributed by atoms with Gasteiger partial charge in [-0.1, -0.05) is 214 Å². The van der Waals surface area contributed by atoms with Gasteiger partial charge in [0.25, 0.3) is 0 Å². The second kappa shape index (κ2) is 19.1. The van der Waals surface area contributed by atoms with Gasteiger partial charge in [-0.2, -0.15) is 0 Å². The number of hydrogen-bond donors (Lipinski definition) is 3. The lowest BCUT2D eigenvalue weighted by Crippen LogP contribution is -2.43. The second-order valence-electron chi connectivity index (χ2n) is 23.9. The summed E-state index contributed by atoms with van der Waals surface area (Å²) in [5, 5.41) is 17.0. The van der Waals surface area contributed by atoms with Crippen LogP contribution in [0.25, 0.3) is 84.0 Å². The fraction of sp³-hybridized carbons (Fsp3) is 0.130. The van der Waals surface area contributed by atoms with Crippen LogP contribution in [-0.4, -0.2) is 19.4 Å². The minimum atomic E-state index is -0.401. The third-order valence-corrected chi connectivity index (χ3v) is 18.9. The van der Waals surface area contributed by atoms with E-state index in [0.717, 1.165) is 69.8 Å². The first-order valence-electron chi connectivity index (χ1n) is 29.8. The number of aliphatic imine (C=N–C) groups is 1. The molecule has 3 aromatic heterocycles. The third kappa shape index (κ3) is 7.65. The Balaban J connectivity index is 0.802. The summed E-state index contributed by atoms with van der Waals surface area (Å²) in [5.74, 6) is 0.352. The molecule has 0 fully saturated rings. The Hall–Kier alpha value is -9.95. The van der Waals surface area contributed by atoms with Crippen LogP contribution in [0.5, 0.6) is 0 Å². The van der Waals surface area contributed by atoms with E-state index in [2.05, 4.69) is 298 Å². The van der Waals surface area contributed by atoms with Crippen LogP contribution >= 0.6 is 0 Å². The Kier molecular flexibility index (Phi) is 11.1. The SMILES string of the molecule is CC1(C)C2=Cc3c(c4ccccc4n3C3N=C(c4cccc(-c5ccc6c7cc8c(cc7n(-c7ccccc7)c6c5)c5c(n8C6NC(c7ccccc7)=CC(c7ccccc7)N6)CCC=C5)c4)C=C(c4ccccc4)N3)CC2c2ccccc21. The van der Waals surface area contributed by atoms with Gasteiger partial charge in [0.05, 0.1) is 33.8 Å². The van der Waals surface area contributed by atoms with E-state index in [4.69, 9.17) is 4.99 Å². The zero-order valence-corrected chi connectivity index (χ0v) is 47.0. The first-order valence-corrected chi connectivity index (χ1v) is 29.8. The van der Waals surface area contributed by atoms with Crippen molar-refractivity contribution in [2.45, 2.75) is 63.1 Å². The van der Waals surface area contributed by atoms with Gasteiger partial charge < -0.3 is 24.3 Å². The molecule has 0 radical (unpaired) electrons. The van der Waals surface area contributed by atoms with Gasteiger partial charge in [0.1, 0.15) is 0 Å². The molecule has 84 heavy (non-hydrogen) atoms. The Labute approximate surface area is 489 Å². The predicted molar refractivity (Wildman–Crippen MR) is 347 cm³/mol. The molecule has 5 heterocycles. The Morgan fingerprint density at radius 3 is 2.02 bits per heavy atom. The normalized spacial score (nSPS) is 19.4. The number of fused-ring (bicyclic) bond motifs is 12. The van der Waals surface area contributed by atoms with Gasteiger partial charge in [-0.15, -0.1) is 0 Å². The maximum Gasteiger partial charge on any atom is 0.201 e. The molecule has 4 atom stereocenters. The molecule has 5 aliphatic rings. The van der Waals surface area contributed by atoms with Crippen LogP contribution in [-0.2, 0) is 18.3 Å². The quantitative estimate of drug-likeness (QED) is 0.142. The van der Waals surface area contributed by atoms with Crippen molar-refractivity contribution < 1.29 is 0 Å². The standard InChI is InChI=1S/C77H61N7/c1-77(2)63-35-18-15-32-55(63)59-42-60-56-33-16-19-36-69(56)84(74(60)45-64(59)77)76-80-67(50-26-11-5-12-27-50)47-68(81-76)53-29-21-28-51(40-53)52-38-39-58-62-44-73-61(43-72(62)82(71(58)41-52)54-30-13-6-14-31-54)57-34-17-20-37-70(57)83(73)75-78-65(48-22-7-3-8-23-48)46-66(79-75)49-24-9-4-10-25-49/h3-19,21-36,38-41,43-47,59,65,75-76,78-80H,20,37,42H2,1-2H3. The number of hydrogen-bond acceptors (Lipinski definition) is 4. The summed E-state index contributed by atoms with van der Waals surface area (Å²) in [7, 11) is 0. The van der Waals surface area contributed by atoms with E-state index in [1.165, 1.54) is 88.4 Å². The molecule has 0 saturated carbocycles. The maximum atomic E-state index is 5.73. The predicted octanol–water partition coefficient (Wildman–Crippen LogP) is 17.4. The molecular weight excluding hydrogens is 1020 g/mol. The molecule has 7 nitrogen and oxygen atoms in total. The van der Waals surface area contributed by atoms with E-state index in [-0.39, 0.29) is 17.7 Å². The summed E-state index contributed by atoms with van der Waals surface area (Å²) < 4.78 is 7.52. The lowest BCUT2D eigenvalue weighted by Gasteiger charge is -2.35. The molecule has 4 unspecified atom stereocenters. The van der Waals surface area contributed by atoms with Gasteiger partial charge >= 0.3 is 0 Å². The highest BCUT2D eigenvalue weighted by Crippen LogP contribution is 2.55. The molecule has 3 aliphatic carbocycles. The smallest absolute Gasteiger partial charge is 0.201 e. The molecule has 7 heteroatoms. The highest BCUT2D eigenvalue weighted by molar-refractivity contribution is 6.16. The Morgan fingerprint density at radius 2 is 1.20 bits per heavy atom. The summed E-state index contributed by atoms with van der Waals surface area (Å²) >= 11 is 0. The molecule has 9 aromatic carbocycles. The van der Waals surface area contributed by atoms with Crippen molar-refractivity contribution in [3.05, 3.63) is 304 Å². The topological polar surface area (TPSA) is 63.2 Å². The van der Waals surface area contributed by atoms with Crippen molar-refractivity contribution in [2.75, 3.05) is 0 Å². The minimum Gasteiger partial charge on any atom is -0.352 e. The van der Waals surface area contributed by atoms with Gasteiger partial charge in [-0.25, -0.2) is 4.99 Å². The summed E-state index contributed by atoms with van der Waals surface area (Å²) in [6.07, 6.45) is 14.1. The number of benzene rings is 9.